The largest absolute Gasteiger partial charge is 0.408 e. The van der Waals surface area contributed by atoms with Crippen molar-refractivity contribution in [2.45, 2.75) is 70.5 Å². The van der Waals surface area contributed by atoms with Crippen molar-refractivity contribution < 1.29 is 17.4 Å². The van der Waals surface area contributed by atoms with Crippen LogP contribution in [0.25, 0.3) is 0 Å². The van der Waals surface area contributed by atoms with Crippen molar-refractivity contribution in [2.75, 3.05) is 6.54 Å². The minimum atomic E-state index is -2.20. The molecule has 1 aromatic rings. The van der Waals surface area contributed by atoms with E-state index in [1.54, 1.807) is 0 Å². The summed E-state index contributed by atoms with van der Waals surface area (Å²) in [5.41, 5.74) is 0.282. The van der Waals surface area contributed by atoms with E-state index in [0.717, 1.165) is 6.07 Å². The van der Waals surface area contributed by atoms with E-state index in [2.05, 4.69) is 38.6 Å². The van der Waals surface area contributed by atoms with Gasteiger partial charge in [-0.25, -0.2) is 17.7 Å². The summed E-state index contributed by atoms with van der Waals surface area (Å²) in [6.45, 7) is 16.2. The van der Waals surface area contributed by atoms with E-state index in [9.17, 15) is 13.0 Å². The number of benzene rings is 1. The lowest BCUT2D eigenvalue weighted by molar-refractivity contribution is 0.182. The molecule has 0 saturated carbocycles. The van der Waals surface area contributed by atoms with Crippen LogP contribution >= 0.6 is 0 Å². The van der Waals surface area contributed by atoms with Crippen molar-refractivity contribution in [1.29, 1.82) is 0 Å². The number of rotatable bonds is 6. The summed E-state index contributed by atoms with van der Waals surface area (Å²) in [4.78, 5) is 0. The van der Waals surface area contributed by atoms with Gasteiger partial charge in [0.15, 0.2) is 8.32 Å². The highest BCUT2D eigenvalue weighted by Gasteiger charge is 2.40. The van der Waals surface area contributed by atoms with Gasteiger partial charge >= 0.3 is 0 Å². The Labute approximate surface area is 154 Å². The molecule has 0 spiro atoms. The first-order chi connectivity index (χ1) is 11.1. The molecule has 1 N–H and O–H groups in total. The molecule has 0 saturated heterocycles. The fourth-order valence-electron chi connectivity index (χ4n) is 1.88. The summed E-state index contributed by atoms with van der Waals surface area (Å²) in [5, 5.41) is -0.0645. The summed E-state index contributed by atoms with van der Waals surface area (Å²) in [6.07, 6.45) is -0.632. The van der Waals surface area contributed by atoms with Crippen molar-refractivity contribution in [3.8, 4) is 0 Å². The zero-order valence-electron chi connectivity index (χ0n) is 16.5. The second-order valence-corrected chi connectivity index (χ2v) is 15.6. The smallest absolute Gasteiger partial charge is 0.192 e. The highest BCUT2D eigenvalue weighted by atomic mass is 32.2. The Morgan fingerprint density at radius 3 is 2.16 bits per heavy atom. The molecule has 25 heavy (non-hydrogen) atoms. The molecule has 0 amide bonds. The molecule has 0 radical (unpaired) electrons. The normalized spacial score (nSPS) is 15.9. The average Bonchev–Trinajstić information content (AvgIpc) is 2.40. The molecule has 1 rings (SSSR count). The van der Waals surface area contributed by atoms with E-state index in [-0.39, 0.29) is 17.1 Å². The second kappa shape index (κ2) is 7.94. The summed E-state index contributed by atoms with van der Waals surface area (Å²) < 4.78 is 48.8. The predicted molar refractivity (Wildman–Crippen MR) is 103 cm³/mol. The number of hydrogen-bond donors (Lipinski definition) is 1. The minimum absolute atomic E-state index is 0.0645. The molecule has 0 aromatic heterocycles. The Kier molecular flexibility index (Phi) is 7.12. The van der Waals surface area contributed by atoms with Crippen LogP contribution in [-0.4, -0.2) is 23.8 Å². The van der Waals surface area contributed by atoms with Gasteiger partial charge in [0.05, 0.1) is 21.8 Å². The third-order valence-corrected chi connectivity index (χ3v) is 10.5. The maximum absolute atomic E-state index is 14.3. The molecule has 0 aliphatic rings. The molecule has 0 aliphatic heterocycles. The Morgan fingerprint density at radius 2 is 1.72 bits per heavy atom. The van der Waals surface area contributed by atoms with E-state index < -0.39 is 41.8 Å². The van der Waals surface area contributed by atoms with Crippen LogP contribution in [-0.2, 0) is 15.4 Å². The second-order valence-electron chi connectivity index (χ2n) is 8.76. The van der Waals surface area contributed by atoms with E-state index >= 15 is 0 Å². The third kappa shape index (κ3) is 6.23. The number of halogens is 2. The Balaban J connectivity index is 3.12. The van der Waals surface area contributed by atoms with Gasteiger partial charge in [0.2, 0.25) is 0 Å². The van der Waals surface area contributed by atoms with Gasteiger partial charge in [-0.1, -0.05) is 26.8 Å². The first-order valence-electron chi connectivity index (χ1n) is 8.43. The van der Waals surface area contributed by atoms with Crippen molar-refractivity contribution >= 4 is 19.3 Å². The molecule has 2 atom stereocenters. The van der Waals surface area contributed by atoms with Crippen molar-refractivity contribution in [2.24, 2.45) is 0 Å². The first-order valence-corrected chi connectivity index (χ1v) is 12.5. The van der Waals surface area contributed by atoms with Crippen LogP contribution in [0.15, 0.2) is 18.2 Å². The molecule has 1 unspecified atom stereocenters. The van der Waals surface area contributed by atoms with E-state index in [1.807, 2.05) is 20.8 Å². The summed E-state index contributed by atoms with van der Waals surface area (Å²) in [7, 11) is -3.51. The van der Waals surface area contributed by atoms with Gasteiger partial charge in [0.1, 0.15) is 11.6 Å². The molecule has 1 aromatic carbocycles. The molecule has 0 aliphatic carbocycles. The number of hydrogen-bond acceptors (Lipinski definition) is 2. The lowest BCUT2D eigenvalue weighted by Crippen LogP contribution is -2.44. The van der Waals surface area contributed by atoms with Gasteiger partial charge < -0.3 is 4.43 Å². The molecule has 7 heteroatoms. The van der Waals surface area contributed by atoms with E-state index in [1.165, 1.54) is 12.1 Å². The molecule has 0 heterocycles. The molecular weight excluding hydrogens is 360 g/mol. The monoisotopic (exact) mass is 391 g/mol. The SMILES string of the molecule is CC(C)(C)S(=O)NC[C@@H](O[Si](C)(C)C(C)(C)C)c1ccc(F)cc1F. The van der Waals surface area contributed by atoms with Gasteiger partial charge in [-0.15, -0.1) is 0 Å². The fourth-order valence-corrected chi connectivity index (χ4v) is 3.89. The average molecular weight is 392 g/mol. The van der Waals surface area contributed by atoms with Crippen LogP contribution in [0.1, 0.15) is 53.2 Å². The minimum Gasteiger partial charge on any atom is -0.408 e. The van der Waals surface area contributed by atoms with Gasteiger partial charge in [0.25, 0.3) is 0 Å². The third-order valence-electron chi connectivity index (χ3n) is 4.51. The molecule has 3 nitrogen and oxygen atoms in total. The van der Waals surface area contributed by atoms with Gasteiger partial charge in [-0.2, -0.15) is 0 Å². The fraction of sp³-hybridized carbons (Fsp3) is 0.667. The predicted octanol–water partition coefficient (Wildman–Crippen LogP) is 5.08. The van der Waals surface area contributed by atoms with Crippen LogP contribution in [0.3, 0.4) is 0 Å². The molecule has 144 valence electrons. The molecule has 0 bridgehead atoms. The Bertz CT molecular complexity index is 624. The number of nitrogens with one attached hydrogen (secondary N) is 1. The standard InChI is InChI=1S/C18H31F2NO2SSi/c1-17(2,3)24(22)21-12-16(23-25(7,8)18(4,5)6)14-10-9-13(19)11-15(14)20/h9-11,16,21H,12H2,1-8H3/t16-,24?/m1/s1. The highest BCUT2D eigenvalue weighted by molar-refractivity contribution is 7.84. The van der Waals surface area contributed by atoms with Gasteiger partial charge in [-0.05, 0) is 45.0 Å². The maximum atomic E-state index is 14.3. The van der Waals surface area contributed by atoms with Crippen LogP contribution in [0.5, 0.6) is 0 Å². The van der Waals surface area contributed by atoms with Crippen LogP contribution in [0.2, 0.25) is 18.1 Å². The maximum Gasteiger partial charge on any atom is 0.192 e. The Morgan fingerprint density at radius 1 is 1.16 bits per heavy atom. The topological polar surface area (TPSA) is 38.3 Å². The van der Waals surface area contributed by atoms with Crippen LogP contribution in [0.4, 0.5) is 8.78 Å². The van der Waals surface area contributed by atoms with Crippen LogP contribution in [0, 0.1) is 11.6 Å². The van der Waals surface area contributed by atoms with Crippen LogP contribution < -0.4 is 4.72 Å². The van der Waals surface area contributed by atoms with Crippen molar-refractivity contribution in [3.63, 3.8) is 0 Å². The quantitative estimate of drug-likeness (QED) is 0.687. The first kappa shape index (κ1) is 22.4. The van der Waals surface area contributed by atoms with Crippen molar-refractivity contribution in [3.05, 3.63) is 35.4 Å². The zero-order chi connectivity index (χ0) is 19.6. The van der Waals surface area contributed by atoms with Gasteiger partial charge in [0, 0.05) is 18.2 Å². The lowest BCUT2D eigenvalue weighted by atomic mass is 10.1. The summed E-state index contributed by atoms with van der Waals surface area (Å²) in [5.74, 6) is -1.27. The van der Waals surface area contributed by atoms with Crippen molar-refractivity contribution in [1.82, 2.24) is 4.72 Å². The molecule has 0 fully saturated rings. The highest BCUT2D eigenvalue weighted by Crippen LogP contribution is 2.40. The summed E-state index contributed by atoms with van der Waals surface area (Å²) in [6, 6.07) is 3.49. The molecular formula is C18H31F2NO2SSi. The zero-order valence-corrected chi connectivity index (χ0v) is 18.3. The van der Waals surface area contributed by atoms with E-state index in [0.29, 0.717) is 0 Å². The van der Waals surface area contributed by atoms with Gasteiger partial charge in [-0.3, -0.25) is 0 Å². The summed E-state index contributed by atoms with van der Waals surface area (Å²) >= 11 is 0. The Hall–Kier alpha value is -0.633. The van der Waals surface area contributed by atoms with E-state index in [4.69, 9.17) is 4.43 Å². The lowest BCUT2D eigenvalue weighted by Gasteiger charge is -2.39.